The summed E-state index contributed by atoms with van der Waals surface area (Å²) in [7, 11) is 0. The van der Waals surface area contributed by atoms with E-state index in [-0.39, 0.29) is 0 Å². The second kappa shape index (κ2) is 5.28. The van der Waals surface area contributed by atoms with Crippen LogP contribution >= 0.6 is 15.9 Å². The number of aromatic nitrogens is 1. The van der Waals surface area contributed by atoms with E-state index in [1.54, 1.807) is 0 Å². The lowest BCUT2D eigenvalue weighted by Crippen LogP contribution is -2.13. The molecule has 1 aliphatic rings. The highest BCUT2D eigenvalue weighted by Crippen LogP contribution is 2.12. The van der Waals surface area contributed by atoms with Crippen LogP contribution in [0, 0.1) is 0 Å². The average molecular weight is 269 g/mol. The van der Waals surface area contributed by atoms with Crippen molar-refractivity contribution in [1.82, 2.24) is 4.98 Å². The van der Waals surface area contributed by atoms with Crippen LogP contribution in [0.1, 0.15) is 6.42 Å². The van der Waals surface area contributed by atoms with Gasteiger partial charge in [0.1, 0.15) is 4.60 Å². The van der Waals surface area contributed by atoms with Gasteiger partial charge in [-0.15, -0.1) is 0 Å². The third-order valence-electron chi connectivity index (χ3n) is 2.23. The molecule has 0 bridgehead atoms. The van der Waals surface area contributed by atoms with Gasteiger partial charge in [0.25, 0.3) is 0 Å². The summed E-state index contributed by atoms with van der Waals surface area (Å²) in [5.41, 5.74) is 2.34. The number of anilines is 1. The normalized spacial score (nSPS) is 15.9. The zero-order chi connectivity index (χ0) is 10.5. The van der Waals surface area contributed by atoms with Crippen LogP contribution in [0.5, 0.6) is 0 Å². The van der Waals surface area contributed by atoms with E-state index < -0.39 is 0 Å². The molecule has 1 aromatic heterocycles. The topological polar surface area (TPSA) is 34.1 Å². The van der Waals surface area contributed by atoms with E-state index in [1.807, 2.05) is 18.3 Å². The van der Waals surface area contributed by atoms with Crippen LogP contribution in [0.2, 0.25) is 0 Å². The monoisotopic (exact) mass is 268 g/mol. The molecule has 2 heterocycles. The van der Waals surface area contributed by atoms with E-state index in [9.17, 15) is 0 Å². The van der Waals surface area contributed by atoms with Crippen LogP contribution in [0.25, 0.3) is 0 Å². The molecular weight excluding hydrogens is 256 g/mol. The molecule has 0 spiro atoms. The molecule has 2 rings (SSSR count). The van der Waals surface area contributed by atoms with Crippen LogP contribution in [0.15, 0.2) is 34.6 Å². The molecule has 1 N–H and O–H groups in total. The van der Waals surface area contributed by atoms with Crippen LogP contribution < -0.4 is 5.32 Å². The Morgan fingerprint density at radius 1 is 1.47 bits per heavy atom. The first kappa shape index (κ1) is 10.6. The largest absolute Gasteiger partial charge is 0.380 e. The van der Waals surface area contributed by atoms with Gasteiger partial charge in [-0.05, 0) is 40.1 Å². The Bertz CT molecular complexity index is 348. The Hall–Kier alpha value is -0.870. The van der Waals surface area contributed by atoms with Gasteiger partial charge >= 0.3 is 0 Å². The predicted octanol–water partition coefficient (Wildman–Crippen LogP) is 2.60. The van der Waals surface area contributed by atoms with Crippen molar-refractivity contribution in [3.05, 3.63) is 34.6 Å². The molecule has 80 valence electrons. The Kier molecular flexibility index (Phi) is 3.75. The Labute approximate surface area is 97.7 Å². The average Bonchev–Trinajstić information content (AvgIpc) is 2.30. The molecule has 0 radical (unpaired) electrons. The van der Waals surface area contributed by atoms with Crippen molar-refractivity contribution < 1.29 is 4.74 Å². The number of pyridine rings is 1. The maximum absolute atomic E-state index is 5.36. The minimum atomic E-state index is 0.747. The fourth-order valence-corrected chi connectivity index (χ4v) is 1.66. The summed E-state index contributed by atoms with van der Waals surface area (Å²) in [6, 6.07) is 3.93. The van der Waals surface area contributed by atoms with Crippen LogP contribution in [-0.4, -0.2) is 24.7 Å². The first-order valence-electron chi connectivity index (χ1n) is 4.96. The van der Waals surface area contributed by atoms with Crippen molar-refractivity contribution in [2.45, 2.75) is 6.42 Å². The lowest BCUT2D eigenvalue weighted by Gasteiger charge is -2.14. The van der Waals surface area contributed by atoms with Crippen molar-refractivity contribution in [3.63, 3.8) is 0 Å². The number of nitrogens with one attached hydrogen (secondary N) is 1. The standard InChI is InChI=1S/C11H13BrN2O/c12-11-4-3-10(7-14-11)13-6-9-2-1-5-15-8-9/h2-4,7,13H,1,5-6,8H2. The zero-order valence-electron chi connectivity index (χ0n) is 8.37. The molecule has 0 aromatic carbocycles. The molecule has 0 saturated carbocycles. The maximum Gasteiger partial charge on any atom is 0.106 e. The van der Waals surface area contributed by atoms with E-state index in [1.165, 1.54) is 5.57 Å². The minimum absolute atomic E-state index is 0.747. The fraction of sp³-hybridized carbons (Fsp3) is 0.364. The van der Waals surface area contributed by atoms with Crippen molar-refractivity contribution in [1.29, 1.82) is 0 Å². The van der Waals surface area contributed by atoms with Crippen molar-refractivity contribution in [2.24, 2.45) is 0 Å². The highest BCUT2D eigenvalue weighted by molar-refractivity contribution is 9.10. The second-order valence-corrected chi connectivity index (χ2v) is 4.24. The number of ether oxygens (including phenoxy) is 1. The van der Waals surface area contributed by atoms with Crippen molar-refractivity contribution >= 4 is 21.6 Å². The third-order valence-corrected chi connectivity index (χ3v) is 2.70. The van der Waals surface area contributed by atoms with Gasteiger partial charge in [0.05, 0.1) is 25.1 Å². The van der Waals surface area contributed by atoms with E-state index in [0.717, 1.165) is 36.5 Å². The molecule has 0 atom stereocenters. The van der Waals surface area contributed by atoms with Gasteiger partial charge in [-0.3, -0.25) is 0 Å². The highest BCUT2D eigenvalue weighted by atomic mass is 79.9. The van der Waals surface area contributed by atoms with Crippen LogP contribution in [0.4, 0.5) is 5.69 Å². The maximum atomic E-state index is 5.36. The zero-order valence-corrected chi connectivity index (χ0v) is 9.96. The summed E-state index contributed by atoms with van der Waals surface area (Å²) >= 11 is 3.30. The van der Waals surface area contributed by atoms with Gasteiger partial charge in [0, 0.05) is 6.54 Å². The molecule has 1 aliphatic heterocycles. The third kappa shape index (κ3) is 3.32. The number of rotatable bonds is 3. The second-order valence-electron chi connectivity index (χ2n) is 3.43. The Balaban J connectivity index is 1.87. The Morgan fingerprint density at radius 2 is 2.40 bits per heavy atom. The summed E-state index contributed by atoms with van der Waals surface area (Å²) in [6.07, 6.45) is 5.08. The lowest BCUT2D eigenvalue weighted by atomic mass is 10.2. The number of halogens is 1. The summed E-state index contributed by atoms with van der Waals surface area (Å²) < 4.78 is 6.21. The first-order valence-corrected chi connectivity index (χ1v) is 5.75. The summed E-state index contributed by atoms with van der Waals surface area (Å²) in [5, 5.41) is 3.31. The Morgan fingerprint density at radius 3 is 3.07 bits per heavy atom. The molecule has 0 amide bonds. The molecule has 15 heavy (non-hydrogen) atoms. The molecule has 3 nitrogen and oxygen atoms in total. The van der Waals surface area contributed by atoms with Crippen LogP contribution in [-0.2, 0) is 4.74 Å². The molecule has 0 aliphatic carbocycles. The van der Waals surface area contributed by atoms with Gasteiger partial charge < -0.3 is 10.1 Å². The van der Waals surface area contributed by atoms with Gasteiger partial charge in [0.2, 0.25) is 0 Å². The molecular formula is C11H13BrN2O. The number of hydrogen-bond acceptors (Lipinski definition) is 3. The quantitative estimate of drug-likeness (QED) is 0.676. The summed E-state index contributed by atoms with van der Waals surface area (Å²) in [5.74, 6) is 0. The molecule has 0 unspecified atom stereocenters. The van der Waals surface area contributed by atoms with E-state index >= 15 is 0 Å². The van der Waals surface area contributed by atoms with Crippen molar-refractivity contribution in [3.8, 4) is 0 Å². The first-order chi connectivity index (χ1) is 7.34. The van der Waals surface area contributed by atoms with E-state index in [0.29, 0.717) is 0 Å². The van der Waals surface area contributed by atoms with E-state index in [4.69, 9.17) is 4.74 Å². The van der Waals surface area contributed by atoms with Crippen LogP contribution in [0.3, 0.4) is 0 Å². The highest BCUT2D eigenvalue weighted by Gasteiger charge is 2.03. The smallest absolute Gasteiger partial charge is 0.106 e. The molecule has 1 aromatic rings. The number of nitrogens with zero attached hydrogens (tertiary/aromatic N) is 1. The van der Waals surface area contributed by atoms with Gasteiger partial charge in [-0.1, -0.05) is 6.08 Å². The minimum Gasteiger partial charge on any atom is -0.380 e. The summed E-state index contributed by atoms with van der Waals surface area (Å²) in [6.45, 7) is 2.43. The lowest BCUT2D eigenvalue weighted by molar-refractivity contribution is 0.150. The predicted molar refractivity (Wildman–Crippen MR) is 63.9 cm³/mol. The molecule has 4 heteroatoms. The van der Waals surface area contributed by atoms with E-state index in [2.05, 4.69) is 32.3 Å². The number of hydrogen-bond donors (Lipinski definition) is 1. The fourth-order valence-electron chi connectivity index (χ4n) is 1.43. The van der Waals surface area contributed by atoms with Gasteiger partial charge in [-0.2, -0.15) is 0 Å². The van der Waals surface area contributed by atoms with Gasteiger partial charge in [0.15, 0.2) is 0 Å². The molecule has 0 fully saturated rings. The van der Waals surface area contributed by atoms with Gasteiger partial charge in [-0.25, -0.2) is 4.98 Å². The van der Waals surface area contributed by atoms with Crippen molar-refractivity contribution in [2.75, 3.05) is 25.1 Å². The molecule has 0 saturated heterocycles. The SMILES string of the molecule is Brc1ccc(NCC2=CCCOC2)cn1. The summed E-state index contributed by atoms with van der Waals surface area (Å²) in [4.78, 5) is 4.15.